The molecule has 2 atom stereocenters. The molecule has 0 unspecified atom stereocenters. The van der Waals surface area contributed by atoms with Crippen molar-refractivity contribution in [2.24, 2.45) is 0 Å². The summed E-state index contributed by atoms with van der Waals surface area (Å²) in [5.74, 6) is 1.56. The molecule has 5 nitrogen and oxygen atoms in total. The van der Waals surface area contributed by atoms with Gasteiger partial charge in [0.15, 0.2) is 0 Å². The number of hydrogen-bond donors (Lipinski definition) is 1. The largest absolute Gasteiger partial charge is 0.480 e. The topological polar surface area (TPSA) is 52.0 Å². The van der Waals surface area contributed by atoms with E-state index in [0.717, 1.165) is 33.7 Å². The molecule has 0 radical (unpaired) electrons. The highest BCUT2D eigenvalue weighted by Crippen LogP contribution is 2.50. The Kier molecular flexibility index (Phi) is 4.11. The summed E-state index contributed by atoms with van der Waals surface area (Å²) in [5.41, 5.74) is 6.52. The van der Waals surface area contributed by atoms with Crippen LogP contribution in [0.1, 0.15) is 34.4 Å². The Hall–Kier alpha value is -3.57. The zero-order chi connectivity index (χ0) is 20.9. The summed E-state index contributed by atoms with van der Waals surface area (Å²) < 4.78 is 8.53. The second-order valence-corrected chi connectivity index (χ2v) is 8.28. The number of rotatable bonds is 2. The third kappa shape index (κ3) is 2.93. The summed E-state index contributed by atoms with van der Waals surface area (Å²) in [6.45, 7) is 2.09. The molecule has 31 heavy (non-hydrogen) atoms. The van der Waals surface area contributed by atoms with Crippen molar-refractivity contribution >= 4 is 23.2 Å². The minimum atomic E-state index is -0.268. The van der Waals surface area contributed by atoms with Crippen LogP contribution in [0.3, 0.4) is 0 Å². The lowest BCUT2D eigenvalue weighted by Crippen LogP contribution is -2.32. The number of aryl methyl sites for hydroxylation is 1. The van der Waals surface area contributed by atoms with E-state index < -0.39 is 0 Å². The number of hydrogen-bond acceptors (Lipinski definition) is 4. The highest BCUT2D eigenvalue weighted by Gasteiger charge is 2.40. The number of anilines is 1. The summed E-state index contributed by atoms with van der Waals surface area (Å²) in [6.07, 6.45) is 1.31. The van der Waals surface area contributed by atoms with E-state index in [1.54, 1.807) is 6.33 Å². The molecule has 6 heteroatoms. The maximum atomic E-state index is 6.61. The summed E-state index contributed by atoms with van der Waals surface area (Å²) in [5, 5.41) is 8.77. The van der Waals surface area contributed by atoms with Crippen molar-refractivity contribution in [1.29, 1.82) is 0 Å². The van der Waals surface area contributed by atoms with E-state index in [-0.39, 0.29) is 12.1 Å². The minimum Gasteiger partial charge on any atom is -0.480 e. The lowest BCUT2D eigenvalue weighted by molar-refractivity contribution is 0.223. The molecule has 152 valence electrons. The highest BCUT2D eigenvalue weighted by molar-refractivity contribution is 6.30. The van der Waals surface area contributed by atoms with Gasteiger partial charge in [0.2, 0.25) is 5.95 Å². The Morgan fingerprint density at radius 3 is 2.48 bits per heavy atom. The molecule has 0 bridgehead atoms. The van der Waals surface area contributed by atoms with E-state index in [0.29, 0.717) is 11.0 Å². The fourth-order valence-electron chi connectivity index (χ4n) is 4.40. The number of halogens is 1. The molecule has 3 heterocycles. The smallest absolute Gasteiger partial charge is 0.226 e. The van der Waals surface area contributed by atoms with Gasteiger partial charge in [0.05, 0.1) is 5.70 Å². The molecule has 0 saturated heterocycles. The van der Waals surface area contributed by atoms with E-state index in [1.807, 2.05) is 47.1 Å². The Bertz CT molecular complexity index is 1310. The van der Waals surface area contributed by atoms with Crippen molar-refractivity contribution in [1.82, 2.24) is 14.8 Å². The van der Waals surface area contributed by atoms with Gasteiger partial charge in [0.1, 0.15) is 24.2 Å². The molecular weight excluding hydrogens is 408 g/mol. The van der Waals surface area contributed by atoms with E-state index >= 15 is 0 Å². The predicted octanol–water partition coefficient (Wildman–Crippen LogP) is 5.80. The molecule has 0 fully saturated rings. The van der Waals surface area contributed by atoms with E-state index in [1.165, 1.54) is 5.56 Å². The number of nitrogens with zero attached hydrogens (tertiary/aromatic N) is 3. The first-order valence-corrected chi connectivity index (χ1v) is 10.6. The monoisotopic (exact) mass is 426 g/mol. The van der Waals surface area contributed by atoms with Crippen LogP contribution < -0.4 is 10.1 Å². The van der Waals surface area contributed by atoms with Crippen molar-refractivity contribution < 1.29 is 4.74 Å². The van der Waals surface area contributed by atoms with Crippen molar-refractivity contribution in [3.8, 4) is 5.75 Å². The molecule has 1 aromatic heterocycles. The normalized spacial score (nSPS) is 19.0. The summed E-state index contributed by atoms with van der Waals surface area (Å²) in [4.78, 5) is 4.46. The maximum absolute atomic E-state index is 6.61. The number of benzene rings is 3. The molecular formula is C25H19ClN4O. The zero-order valence-corrected chi connectivity index (χ0v) is 17.5. The first-order chi connectivity index (χ1) is 15.2. The number of aromatic nitrogens is 3. The average molecular weight is 427 g/mol. The van der Waals surface area contributed by atoms with Crippen LogP contribution in [0.4, 0.5) is 5.95 Å². The van der Waals surface area contributed by atoms with Crippen LogP contribution in [-0.4, -0.2) is 14.8 Å². The van der Waals surface area contributed by atoms with Crippen LogP contribution in [0.25, 0.3) is 5.70 Å². The lowest BCUT2D eigenvalue weighted by atomic mass is 9.84. The second-order valence-electron chi connectivity index (χ2n) is 7.84. The fourth-order valence-corrected chi connectivity index (χ4v) is 4.53. The van der Waals surface area contributed by atoms with Crippen molar-refractivity contribution in [3.05, 3.63) is 112 Å². The lowest BCUT2D eigenvalue weighted by Gasteiger charge is -2.39. The predicted molar refractivity (Wildman–Crippen MR) is 121 cm³/mol. The SMILES string of the molecule is Cc1ccc([C@@H]2Oc3ccccc3C3=C2[C@H](c2ccc(Cl)cc2)n2ncnc2N3)cc1. The summed E-state index contributed by atoms with van der Waals surface area (Å²) in [6, 6.07) is 24.4. The van der Waals surface area contributed by atoms with Crippen LogP contribution in [0, 0.1) is 6.92 Å². The van der Waals surface area contributed by atoms with Gasteiger partial charge in [-0.1, -0.05) is 65.7 Å². The standard InChI is InChI=1S/C25H19ClN4O/c1-15-6-8-17(9-7-15)24-21-22(19-4-2-3-5-20(19)31-24)29-25-27-14-28-30(25)23(21)16-10-12-18(26)13-11-16/h2-14,23-24H,1H3,(H,27,28,29)/t23-,24-/m0/s1. The van der Waals surface area contributed by atoms with Crippen molar-refractivity contribution in [3.63, 3.8) is 0 Å². The van der Waals surface area contributed by atoms with Crippen LogP contribution in [0.15, 0.2) is 84.7 Å². The van der Waals surface area contributed by atoms with Crippen molar-refractivity contribution in [2.75, 3.05) is 5.32 Å². The van der Waals surface area contributed by atoms with Gasteiger partial charge >= 0.3 is 0 Å². The first kappa shape index (κ1) is 18.2. The van der Waals surface area contributed by atoms with Crippen LogP contribution in [0.5, 0.6) is 5.75 Å². The number of para-hydroxylation sites is 1. The van der Waals surface area contributed by atoms with Gasteiger partial charge in [-0.3, -0.25) is 0 Å². The van der Waals surface area contributed by atoms with Gasteiger partial charge in [-0.25, -0.2) is 4.68 Å². The molecule has 3 aromatic carbocycles. The third-order valence-electron chi connectivity index (χ3n) is 5.89. The van der Waals surface area contributed by atoms with E-state index in [9.17, 15) is 0 Å². The Morgan fingerprint density at radius 2 is 1.68 bits per heavy atom. The Labute approximate surface area is 185 Å². The number of ether oxygens (including phenoxy) is 1. The summed E-state index contributed by atoms with van der Waals surface area (Å²) in [7, 11) is 0. The average Bonchev–Trinajstić information content (AvgIpc) is 3.27. The molecule has 6 rings (SSSR count). The van der Waals surface area contributed by atoms with Gasteiger partial charge in [-0.05, 0) is 42.3 Å². The van der Waals surface area contributed by atoms with Gasteiger partial charge in [0.25, 0.3) is 0 Å². The molecule has 0 spiro atoms. The Morgan fingerprint density at radius 1 is 0.935 bits per heavy atom. The van der Waals surface area contributed by atoms with Crippen LogP contribution in [0.2, 0.25) is 5.02 Å². The quantitative estimate of drug-likeness (QED) is 0.440. The van der Waals surface area contributed by atoms with E-state index in [2.05, 4.69) is 52.7 Å². The third-order valence-corrected chi connectivity index (χ3v) is 6.14. The number of nitrogens with one attached hydrogen (secondary N) is 1. The highest BCUT2D eigenvalue weighted by atomic mass is 35.5. The summed E-state index contributed by atoms with van der Waals surface area (Å²) >= 11 is 6.19. The fraction of sp³-hybridized carbons (Fsp3) is 0.120. The Balaban J connectivity index is 1.62. The molecule has 4 aromatic rings. The van der Waals surface area contributed by atoms with Crippen LogP contribution >= 0.6 is 11.6 Å². The van der Waals surface area contributed by atoms with E-state index in [4.69, 9.17) is 16.3 Å². The first-order valence-electron chi connectivity index (χ1n) is 10.2. The maximum Gasteiger partial charge on any atom is 0.226 e. The molecule has 2 aliphatic rings. The van der Waals surface area contributed by atoms with Gasteiger partial charge in [0, 0.05) is 16.2 Å². The van der Waals surface area contributed by atoms with Gasteiger partial charge in [-0.15, -0.1) is 0 Å². The minimum absolute atomic E-state index is 0.175. The molecule has 0 amide bonds. The number of fused-ring (bicyclic) bond motifs is 3. The molecule has 0 aliphatic carbocycles. The zero-order valence-electron chi connectivity index (χ0n) is 16.8. The molecule has 2 aliphatic heterocycles. The molecule has 1 N–H and O–H groups in total. The van der Waals surface area contributed by atoms with Crippen LogP contribution in [-0.2, 0) is 0 Å². The van der Waals surface area contributed by atoms with Crippen molar-refractivity contribution in [2.45, 2.75) is 19.1 Å². The van der Waals surface area contributed by atoms with Gasteiger partial charge < -0.3 is 10.1 Å². The second kappa shape index (κ2) is 7.00. The van der Waals surface area contributed by atoms with Gasteiger partial charge in [-0.2, -0.15) is 10.1 Å². The molecule has 0 saturated carbocycles.